The van der Waals surface area contributed by atoms with Gasteiger partial charge >= 0.3 is 11.9 Å². The minimum absolute atomic E-state index is 0.0102. The average molecular weight is 619 g/mol. The fraction of sp³-hybridized carbons (Fsp3) is 0.829. The number of hydrogen-bond acceptors (Lipinski definition) is 9. The molecule has 250 valence electrons. The molecule has 0 aromatic carbocycles. The Morgan fingerprint density at radius 3 is 2.18 bits per heavy atom. The Hall–Kier alpha value is -2.42. The van der Waals surface area contributed by atoms with Crippen LogP contribution in [0.2, 0.25) is 0 Å². The van der Waals surface area contributed by atoms with Gasteiger partial charge in [-0.3, -0.25) is 9.59 Å². The summed E-state index contributed by atoms with van der Waals surface area (Å²) in [6.45, 7) is 6.32. The van der Waals surface area contributed by atoms with Gasteiger partial charge < -0.3 is 28.6 Å². The molecule has 0 saturated carbocycles. The van der Waals surface area contributed by atoms with E-state index in [0.29, 0.717) is 38.5 Å². The van der Waals surface area contributed by atoms with Crippen molar-refractivity contribution in [2.24, 2.45) is 10.9 Å². The molecule has 1 spiro atoms. The van der Waals surface area contributed by atoms with E-state index in [4.69, 9.17) is 23.9 Å². The van der Waals surface area contributed by atoms with Crippen LogP contribution in [0.5, 0.6) is 0 Å². The predicted octanol–water partition coefficient (Wildman–Crippen LogP) is 7.06. The van der Waals surface area contributed by atoms with Gasteiger partial charge in [-0.25, -0.2) is 0 Å². The third-order valence-corrected chi connectivity index (χ3v) is 9.41. The smallest absolute Gasteiger partial charge is 0.316 e. The zero-order chi connectivity index (χ0) is 31.6. The Morgan fingerprint density at radius 1 is 0.955 bits per heavy atom. The highest BCUT2D eigenvalue weighted by Gasteiger charge is 2.59. The highest BCUT2D eigenvalue weighted by Crippen LogP contribution is 2.47. The predicted molar refractivity (Wildman–Crippen MR) is 171 cm³/mol. The molecule has 0 aliphatic carbocycles. The molecule has 0 N–H and O–H groups in total. The summed E-state index contributed by atoms with van der Waals surface area (Å²) in [5, 5.41) is 0. The van der Waals surface area contributed by atoms with Crippen molar-refractivity contribution in [1.82, 2.24) is 4.90 Å². The van der Waals surface area contributed by atoms with Crippen molar-refractivity contribution in [3.8, 4) is 0 Å². The summed E-state index contributed by atoms with van der Waals surface area (Å²) in [6.07, 6.45) is 22.7. The molecule has 5 atom stereocenters. The van der Waals surface area contributed by atoms with E-state index >= 15 is 0 Å². The summed E-state index contributed by atoms with van der Waals surface area (Å²) in [5.41, 5.74) is -0.960. The molecule has 2 fully saturated rings. The third kappa shape index (κ3) is 10.9. The first kappa shape index (κ1) is 36.1. The summed E-state index contributed by atoms with van der Waals surface area (Å²) in [6, 6.07) is 0.331. The van der Waals surface area contributed by atoms with Gasteiger partial charge in [0.2, 0.25) is 0 Å². The summed E-state index contributed by atoms with van der Waals surface area (Å²) in [4.78, 5) is 43.4. The lowest BCUT2D eigenvalue weighted by molar-refractivity contribution is -0.192. The molecule has 9 heteroatoms. The van der Waals surface area contributed by atoms with E-state index in [-0.39, 0.29) is 30.1 Å². The molecular weight excluding hydrogens is 560 g/mol. The minimum atomic E-state index is -0.960. The van der Waals surface area contributed by atoms with Crippen LogP contribution < -0.4 is 0 Å². The molecule has 3 rings (SSSR count). The van der Waals surface area contributed by atoms with E-state index in [2.05, 4.69) is 6.58 Å². The molecule has 3 aliphatic rings. The first-order valence-corrected chi connectivity index (χ1v) is 17.4. The van der Waals surface area contributed by atoms with Crippen LogP contribution in [0.1, 0.15) is 135 Å². The number of rotatable bonds is 21. The Morgan fingerprint density at radius 2 is 1.59 bits per heavy atom. The van der Waals surface area contributed by atoms with Crippen LogP contribution >= 0.6 is 0 Å². The van der Waals surface area contributed by atoms with Crippen LogP contribution in [0.3, 0.4) is 0 Å². The first-order chi connectivity index (χ1) is 21.5. The highest BCUT2D eigenvalue weighted by molar-refractivity contribution is 5.82. The van der Waals surface area contributed by atoms with Crippen LogP contribution in [0.4, 0.5) is 0 Å². The lowest BCUT2D eigenvalue weighted by atomic mass is 9.80. The Labute approximate surface area is 265 Å². The van der Waals surface area contributed by atoms with Gasteiger partial charge in [0.05, 0.1) is 25.9 Å². The van der Waals surface area contributed by atoms with Crippen LogP contribution in [0.15, 0.2) is 17.6 Å². The van der Waals surface area contributed by atoms with Gasteiger partial charge in [-0.1, -0.05) is 83.3 Å². The van der Waals surface area contributed by atoms with Crippen molar-refractivity contribution in [2.45, 2.75) is 159 Å². The largest absolute Gasteiger partial charge is 0.468 e. The standard InChI is InChI=1S/C35H58N2O7/c1-4-26-42-31(39)20-16-14-12-10-8-6-5-7-9-11-13-15-17-27-43-33(40)32-30-22-21-29(23-25-38)37(30)34(41-3)36-35(32)24-18-19-28(2)44-35/h4,25,28-30,32H,1,5-24,26-27H2,2-3H3/t28-,29+,30-,32+,35-/m1/s1. The quantitative estimate of drug-likeness (QED) is 0.0583. The second-order valence-electron chi connectivity index (χ2n) is 12.8. The van der Waals surface area contributed by atoms with Crippen molar-refractivity contribution in [3.05, 3.63) is 12.7 Å². The molecule has 44 heavy (non-hydrogen) atoms. The van der Waals surface area contributed by atoms with Gasteiger partial charge in [0, 0.05) is 18.9 Å². The Kier molecular flexibility index (Phi) is 16.3. The summed E-state index contributed by atoms with van der Waals surface area (Å²) in [5.74, 6) is -0.872. The average Bonchev–Trinajstić information content (AvgIpc) is 3.42. The maximum absolute atomic E-state index is 13.6. The molecule has 9 nitrogen and oxygen atoms in total. The number of hydrogen-bond donors (Lipinski definition) is 0. The molecule has 2 saturated heterocycles. The number of aldehydes is 1. The topological polar surface area (TPSA) is 104 Å². The van der Waals surface area contributed by atoms with E-state index in [0.717, 1.165) is 64.1 Å². The zero-order valence-corrected chi connectivity index (χ0v) is 27.5. The first-order valence-electron chi connectivity index (χ1n) is 17.4. The van der Waals surface area contributed by atoms with E-state index < -0.39 is 11.6 Å². The van der Waals surface area contributed by atoms with Crippen LogP contribution in [0, 0.1) is 5.92 Å². The molecule has 3 aliphatic heterocycles. The molecule has 3 heterocycles. The van der Waals surface area contributed by atoms with E-state index in [9.17, 15) is 14.4 Å². The number of carbonyl (C=O) groups is 3. The number of unbranched alkanes of at least 4 members (excludes halogenated alkanes) is 12. The van der Waals surface area contributed by atoms with E-state index in [1.807, 2.05) is 11.8 Å². The van der Waals surface area contributed by atoms with Crippen molar-refractivity contribution in [1.29, 1.82) is 0 Å². The van der Waals surface area contributed by atoms with Gasteiger partial charge in [0.1, 0.15) is 18.8 Å². The SMILES string of the molecule is C=CCOC(=O)CCCCCCCCCCCCCCCOC(=O)[C@@H]1[C@H]2CC[C@@H](CC=O)N2C(OC)=N[C@@]12CCC[C@@H](C)O2. The van der Waals surface area contributed by atoms with Gasteiger partial charge in [-0.05, 0) is 51.9 Å². The van der Waals surface area contributed by atoms with Crippen molar-refractivity contribution in [2.75, 3.05) is 20.3 Å². The van der Waals surface area contributed by atoms with Gasteiger partial charge in [0.25, 0.3) is 6.02 Å². The lowest BCUT2D eigenvalue weighted by Gasteiger charge is -2.49. The summed E-state index contributed by atoms with van der Waals surface area (Å²) < 4.78 is 23.0. The fourth-order valence-electron chi connectivity index (χ4n) is 7.18. The normalized spacial score (nSPS) is 26.1. The molecule has 0 radical (unpaired) electrons. The number of esters is 2. The zero-order valence-electron chi connectivity index (χ0n) is 27.5. The summed E-state index contributed by atoms with van der Waals surface area (Å²) >= 11 is 0. The number of amidine groups is 1. The molecule has 0 unspecified atom stereocenters. The number of carbonyl (C=O) groups excluding carboxylic acids is 3. The molecule has 0 aromatic rings. The van der Waals surface area contributed by atoms with Gasteiger partial charge in [-0.15, -0.1) is 0 Å². The molecule has 0 bridgehead atoms. The van der Waals surface area contributed by atoms with E-state index in [1.54, 1.807) is 13.2 Å². The van der Waals surface area contributed by atoms with Crippen LogP contribution in [-0.4, -0.2) is 73.4 Å². The van der Waals surface area contributed by atoms with Crippen molar-refractivity contribution >= 4 is 24.2 Å². The molecular formula is C35H58N2O7. The van der Waals surface area contributed by atoms with Crippen LogP contribution in [-0.2, 0) is 33.3 Å². The second kappa shape index (κ2) is 19.9. The number of ether oxygens (including phenoxy) is 4. The Bertz CT molecular complexity index is 925. The monoisotopic (exact) mass is 618 g/mol. The second-order valence-corrected chi connectivity index (χ2v) is 12.8. The van der Waals surface area contributed by atoms with E-state index in [1.165, 1.54) is 51.4 Å². The highest BCUT2D eigenvalue weighted by atomic mass is 16.6. The maximum atomic E-state index is 13.6. The number of methoxy groups -OCH3 is 1. The van der Waals surface area contributed by atoms with Crippen molar-refractivity contribution in [3.63, 3.8) is 0 Å². The van der Waals surface area contributed by atoms with Crippen molar-refractivity contribution < 1.29 is 33.3 Å². The molecule has 0 amide bonds. The fourth-order valence-corrected chi connectivity index (χ4v) is 7.18. The van der Waals surface area contributed by atoms with Gasteiger partial charge in [-0.2, -0.15) is 4.99 Å². The molecule has 0 aromatic heterocycles. The maximum Gasteiger partial charge on any atom is 0.316 e. The Balaban J connectivity index is 1.28. The lowest BCUT2D eigenvalue weighted by Crippen LogP contribution is -2.62. The van der Waals surface area contributed by atoms with Crippen LogP contribution in [0.25, 0.3) is 0 Å². The third-order valence-electron chi connectivity index (χ3n) is 9.41. The minimum Gasteiger partial charge on any atom is -0.468 e. The number of nitrogens with zero attached hydrogens (tertiary/aromatic N) is 2. The number of fused-ring (bicyclic) bond motifs is 1. The van der Waals surface area contributed by atoms with Gasteiger partial charge in [0.15, 0.2) is 5.72 Å². The number of aliphatic imine (C=N–C) groups is 1. The summed E-state index contributed by atoms with van der Waals surface area (Å²) in [7, 11) is 1.60.